The van der Waals surface area contributed by atoms with E-state index in [9.17, 15) is 4.39 Å². The van der Waals surface area contributed by atoms with Crippen molar-refractivity contribution in [2.75, 3.05) is 0 Å². The molecule has 1 aromatic heterocycles. The van der Waals surface area contributed by atoms with Crippen molar-refractivity contribution in [1.82, 2.24) is 4.98 Å². The van der Waals surface area contributed by atoms with Crippen LogP contribution in [0.15, 0.2) is 42.6 Å². The van der Waals surface area contributed by atoms with Gasteiger partial charge in [-0.2, -0.15) is 0 Å². The summed E-state index contributed by atoms with van der Waals surface area (Å²) in [5.41, 5.74) is 9.47. The summed E-state index contributed by atoms with van der Waals surface area (Å²) in [5.74, 6) is 0.0690. The van der Waals surface area contributed by atoms with Crippen molar-refractivity contribution >= 4 is 0 Å². The standard InChI is InChI=1S/C17H19FN2/c18-15-9-2-1-5-13(15)11-16(19)14-8-3-6-12-7-4-10-20-17(12)14/h1-2,4-5,7,9-10,14,16H,3,6,8,11,19H2. The van der Waals surface area contributed by atoms with Crippen LogP contribution in [0.3, 0.4) is 0 Å². The van der Waals surface area contributed by atoms with Gasteiger partial charge in [0.15, 0.2) is 0 Å². The van der Waals surface area contributed by atoms with Gasteiger partial charge in [0.25, 0.3) is 0 Å². The van der Waals surface area contributed by atoms with Gasteiger partial charge in [0, 0.05) is 23.9 Å². The predicted octanol–water partition coefficient (Wildman–Crippen LogP) is 3.21. The first-order chi connectivity index (χ1) is 9.75. The Hall–Kier alpha value is -1.74. The summed E-state index contributed by atoms with van der Waals surface area (Å²) in [4.78, 5) is 4.51. The Labute approximate surface area is 118 Å². The van der Waals surface area contributed by atoms with Crippen LogP contribution in [0.5, 0.6) is 0 Å². The molecule has 1 aromatic carbocycles. The maximum absolute atomic E-state index is 13.7. The van der Waals surface area contributed by atoms with Crippen LogP contribution in [0.2, 0.25) is 0 Å². The molecule has 0 radical (unpaired) electrons. The molecule has 0 aliphatic heterocycles. The predicted molar refractivity (Wildman–Crippen MR) is 78.0 cm³/mol. The number of nitrogens with zero attached hydrogens (tertiary/aromatic N) is 1. The first-order valence-electron chi connectivity index (χ1n) is 7.18. The van der Waals surface area contributed by atoms with Gasteiger partial charge in [-0.05, 0) is 48.9 Å². The summed E-state index contributed by atoms with van der Waals surface area (Å²) in [5, 5.41) is 0. The van der Waals surface area contributed by atoms with E-state index in [1.165, 1.54) is 11.6 Å². The van der Waals surface area contributed by atoms with Crippen molar-refractivity contribution < 1.29 is 4.39 Å². The Morgan fingerprint density at radius 1 is 1.25 bits per heavy atom. The average Bonchev–Trinajstić information content (AvgIpc) is 2.49. The Morgan fingerprint density at radius 3 is 2.95 bits per heavy atom. The van der Waals surface area contributed by atoms with Crippen molar-refractivity contribution in [3.63, 3.8) is 0 Å². The Bertz CT molecular complexity index is 597. The average molecular weight is 270 g/mol. The fourth-order valence-electron chi connectivity index (χ4n) is 3.12. The molecule has 2 atom stereocenters. The summed E-state index contributed by atoms with van der Waals surface area (Å²) in [6.07, 6.45) is 5.64. The Balaban J connectivity index is 1.82. The molecule has 0 spiro atoms. The second kappa shape index (κ2) is 5.71. The highest BCUT2D eigenvalue weighted by Crippen LogP contribution is 2.32. The molecule has 104 valence electrons. The Kier molecular flexibility index (Phi) is 3.79. The summed E-state index contributed by atoms with van der Waals surface area (Å²) >= 11 is 0. The van der Waals surface area contributed by atoms with Gasteiger partial charge in [0.05, 0.1) is 0 Å². The molecule has 0 saturated heterocycles. The molecule has 3 heteroatoms. The van der Waals surface area contributed by atoms with Crippen LogP contribution >= 0.6 is 0 Å². The number of benzene rings is 1. The van der Waals surface area contributed by atoms with Crippen LogP contribution < -0.4 is 5.73 Å². The SMILES string of the molecule is NC(Cc1ccccc1F)C1CCCc2cccnc21. The third kappa shape index (κ3) is 2.59. The van der Waals surface area contributed by atoms with Crippen LogP contribution in [0, 0.1) is 5.82 Å². The van der Waals surface area contributed by atoms with Crippen molar-refractivity contribution in [2.24, 2.45) is 5.73 Å². The third-order valence-electron chi connectivity index (χ3n) is 4.17. The number of aryl methyl sites for hydroxylation is 1. The van der Waals surface area contributed by atoms with Gasteiger partial charge in [0.2, 0.25) is 0 Å². The molecule has 3 rings (SSSR count). The summed E-state index contributed by atoms with van der Waals surface area (Å²) in [6, 6.07) is 10.9. The van der Waals surface area contributed by atoms with Crippen LogP contribution in [-0.2, 0) is 12.8 Å². The minimum atomic E-state index is -0.167. The van der Waals surface area contributed by atoms with Crippen LogP contribution in [0.25, 0.3) is 0 Å². The van der Waals surface area contributed by atoms with Gasteiger partial charge in [-0.1, -0.05) is 24.3 Å². The first kappa shape index (κ1) is 13.3. The normalized spacial score (nSPS) is 19.4. The van der Waals surface area contributed by atoms with Gasteiger partial charge in [-0.15, -0.1) is 0 Å². The molecular formula is C17H19FN2. The second-order valence-corrected chi connectivity index (χ2v) is 5.51. The maximum Gasteiger partial charge on any atom is 0.126 e. The number of halogens is 1. The number of aromatic nitrogens is 1. The molecular weight excluding hydrogens is 251 g/mol. The molecule has 2 nitrogen and oxygen atoms in total. The molecule has 1 aliphatic carbocycles. The molecule has 0 bridgehead atoms. The number of fused-ring (bicyclic) bond motifs is 1. The van der Waals surface area contributed by atoms with Crippen LogP contribution in [-0.4, -0.2) is 11.0 Å². The molecule has 0 saturated carbocycles. The zero-order chi connectivity index (χ0) is 13.9. The van der Waals surface area contributed by atoms with E-state index in [-0.39, 0.29) is 17.8 Å². The van der Waals surface area contributed by atoms with E-state index >= 15 is 0 Å². The van der Waals surface area contributed by atoms with Gasteiger partial charge >= 0.3 is 0 Å². The van der Waals surface area contributed by atoms with E-state index in [2.05, 4.69) is 11.1 Å². The summed E-state index contributed by atoms with van der Waals surface area (Å²) in [7, 11) is 0. The van der Waals surface area contributed by atoms with Crippen LogP contribution in [0.4, 0.5) is 4.39 Å². The van der Waals surface area contributed by atoms with E-state index in [0.717, 1.165) is 25.0 Å². The van der Waals surface area contributed by atoms with Crippen molar-refractivity contribution in [3.8, 4) is 0 Å². The lowest BCUT2D eigenvalue weighted by molar-refractivity contribution is 0.444. The number of rotatable bonds is 3. The lowest BCUT2D eigenvalue weighted by Crippen LogP contribution is -2.33. The largest absolute Gasteiger partial charge is 0.327 e. The zero-order valence-electron chi connectivity index (χ0n) is 11.4. The highest BCUT2D eigenvalue weighted by atomic mass is 19.1. The molecule has 1 aliphatic rings. The molecule has 1 heterocycles. The maximum atomic E-state index is 13.7. The van der Waals surface area contributed by atoms with Crippen molar-refractivity contribution in [1.29, 1.82) is 0 Å². The van der Waals surface area contributed by atoms with Gasteiger partial charge in [-0.3, -0.25) is 4.98 Å². The minimum Gasteiger partial charge on any atom is -0.327 e. The quantitative estimate of drug-likeness (QED) is 0.930. The monoisotopic (exact) mass is 270 g/mol. The molecule has 2 N–H and O–H groups in total. The van der Waals surface area contributed by atoms with E-state index in [1.807, 2.05) is 24.4 Å². The number of nitrogens with two attached hydrogens (primary N) is 1. The van der Waals surface area contributed by atoms with E-state index in [0.29, 0.717) is 12.0 Å². The first-order valence-corrected chi connectivity index (χ1v) is 7.18. The molecule has 2 unspecified atom stereocenters. The lowest BCUT2D eigenvalue weighted by Gasteiger charge is -2.29. The van der Waals surface area contributed by atoms with Crippen LogP contribution in [0.1, 0.15) is 35.6 Å². The number of pyridine rings is 1. The van der Waals surface area contributed by atoms with Crippen molar-refractivity contribution in [2.45, 2.75) is 37.6 Å². The number of hydrogen-bond acceptors (Lipinski definition) is 2. The Morgan fingerprint density at radius 2 is 2.10 bits per heavy atom. The fourth-order valence-corrected chi connectivity index (χ4v) is 3.12. The van der Waals surface area contributed by atoms with Gasteiger partial charge in [0.1, 0.15) is 5.82 Å². The summed E-state index contributed by atoms with van der Waals surface area (Å²) in [6.45, 7) is 0. The molecule has 0 amide bonds. The zero-order valence-corrected chi connectivity index (χ0v) is 11.4. The minimum absolute atomic E-state index is 0.0825. The smallest absolute Gasteiger partial charge is 0.126 e. The highest BCUT2D eigenvalue weighted by molar-refractivity contribution is 5.28. The summed E-state index contributed by atoms with van der Waals surface area (Å²) < 4.78 is 13.7. The van der Waals surface area contributed by atoms with E-state index in [1.54, 1.807) is 6.07 Å². The topological polar surface area (TPSA) is 38.9 Å². The van der Waals surface area contributed by atoms with Gasteiger partial charge in [-0.25, -0.2) is 4.39 Å². The highest BCUT2D eigenvalue weighted by Gasteiger charge is 2.27. The van der Waals surface area contributed by atoms with E-state index < -0.39 is 0 Å². The molecule has 0 fully saturated rings. The molecule has 20 heavy (non-hydrogen) atoms. The fraction of sp³-hybridized carbons (Fsp3) is 0.353. The third-order valence-corrected chi connectivity index (χ3v) is 4.17. The van der Waals surface area contributed by atoms with E-state index in [4.69, 9.17) is 5.73 Å². The lowest BCUT2D eigenvalue weighted by atomic mass is 9.80. The second-order valence-electron chi connectivity index (χ2n) is 5.51. The molecule has 2 aromatic rings. The van der Waals surface area contributed by atoms with Gasteiger partial charge < -0.3 is 5.73 Å². The van der Waals surface area contributed by atoms with Crippen molar-refractivity contribution in [3.05, 3.63) is 65.2 Å². The number of hydrogen-bond donors (Lipinski definition) is 1.